The first kappa shape index (κ1) is 17.5. The van der Waals surface area contributed by atoms with Crippen LogP contribution < -0.4 is 14.8 Å². The fourth-order valence-electron chi connectivity index (χ4n) is 3.25. The zero-order valence-corrected chi connectivity index (χ0v) is 14.3. The van der Waals surface area contributed by atoms with Crippen molar-refractivity contribution in [3.8, 4) is 11.5 Å². The van der Waals surface area contributed by atoms with Crippen LogP contribution in [0.2, 0.25) is 0 Å². The highest BCUT2D eigenvalue weighted by atomic mass is 16.6. The molecule has 3 atom stereocenters. The summed E-state index contributed by atoms with van der Waals surface area (Å²) in [4.78, 5) is 25.5. The molecule has 2 N–H and O–H groups in total. The van der Waals surface area contributed by atoms with E-state index >= 15 is 0 Å². The molecule has 1 fully saturated rings. The fraction of sp³-hybridized carbons (Fsp3) is 0.556. The molecule has 2 aliphatic heterocycles. The van der Waals surface area contributed by atoms with Crippen molar-refractivity contribution in [3.63, 3.8) is 0 Å². The van der Waals surface area contributed by atoms with Gasteiger partial charge in [0, 0.05) is 6.54 Å². The molecule has 1 aromatic rings. The number of hydrogen-bond donors (Lipinski definition) is 2. The van der Waals surface area contributed by atoms with Crippen molar-refractivity contribution in [1.82, 2.24) is 10.2 Å². The molecule has 0 aliphatic carbocycles. The third kappa shape index (κ3) is 4.22. The van der Waals surface area contributed by atoms with Crippen molar-refractivity contribution in [2.45, 2.75) is 31.9 Å². The first-order valence-corrected chi connectivity index (χ1v) is 8.67. The number of carboxylic acids is 1. The monoisotopic (exact) mass is 348 g/mol. The van der Waals surface area contributed by atoms with Crippen LogP contribution in [0.25, 0.3) is 0 Å². The van der Waals surface area contributed by atoms with E-state index in [0.29, 0.717) is 37.6 Å². The summed E-state index contributed by atoms with van der Waals surface area (Å²) in [6.07, 6.45) is 1.23. The van der Waals surface area contributed by atoms with E-state index in [1.165, 1.54) is 0 Å². The lowest BCUT2D eigenvalue weighted by molar-refractivity contribution is -0.145. The Balaban J connectivity index is 1.48. The number of rotatable bonds is 5. The lowest BCUT2D eigenvalue weighted by atomic mass is 9.97. The van der Waals surface area contributed by atoms with Crippen LogP contribution in [0.5, 0.6) is 11.5 Å². The standard InChI is InChI=1S/C18H24N2O5/c1-12(20-8-4-5-13(10-20)18(22)23)17(21)19-9-14-11-24-15-6-2-3-7-16(15)25-14/h2-3,6-7,12-14H,4-5,8-11H2,1H3,(H,19,21)(H,22,23). The summed E-state index contributed by atoms with van der Waals surface area (Å²) < 4.78 is 11.5. The number of carboxylic acid groups (broad SMARTS) is 1. The number of likely N-dealkylation sites (tertiary alicyclic amines) is 1. The van der Waals surface area contributed by atoms with Crippen molar-refractivity contribution >= 4 is 11.9 Å². The SMILES string of the molecule is CC(C(=O)NCC1COc2ccccc2O1)N1CCCC(C(=O)O)C1. The molecule has 1 aromatic carbocycles. The summed E-state index contributed by atoms with van der Waals surface area (Å²) in [7, 11) is 0. The molecule has 7 heteroatoms. The van der Waals surface area contributed by atoms with Crippen molar-refractivity contribution in [1.29, 1.82) is 0 Å². The maximum atomic E-state index is 12.4. The average Bonchev–Trinajstić information content (AvgIpc) is 2.65. The van der Waals surface area contributed by atoms with Crippen molar-refractivity contribution in [3.05, 3.63) is 24.3 Å². The molecule has 136 valence electrons. The molecule has 0 saturated carbocycles. The highest BCUT2D eigenvalue weighted by Crippen LogP contribution is 2.30. The molecule has 0 spiro atoms. The summed E-state index contributed by atoms with van der Waals surface area (Å²) in [5.41, 5.74) is 0. The van der Waals surface area contributed by atoms with Crippen LogP contribution in [-0.4, -0.2) is 60.3 Å². The van der Waals surface area contributed by atoms with Gasteiger partial charge in [0.15, 0.2) is 11.5 Å². The third-order valence-electron chi connectivity index (χ3n) is 4.80. The Bertz CT molecular complexity index is 636. The lowest BCUT2D eigenvalue weighted by Gasteiger charge is -2.34. The second-order valence-corrected chi connectivity index (χ2v) is 6.59. The molecular weight excluding hydrogens is 324 g/mol. The second kappa shape index (κ2) is 7.74. The van der Waals surface area contributed by atoms with Crippen LogP contribution >= 0.6 is 0 Å². The number of carbonyl (C=O) groups excluding carboxylic acids is 1. The maximum absolute atomic E-state index is 12.4. The van der Waals surface area contributed by atoms with Gasteiger partial charge in [-0.05, 0) is 38.4 Å². The smallest absolute Gasteiger partial charge is 0.307 e. The zero-order chi connectivity index (χ0) is 17.8. The van der Waals surface area contributed by atoms with E-state index in [1.807, 2.05) is 36.1 Å². The van der Waals surface area contributed by atoms with Gasteiger partial charge in [0.2, 0.25) is 5.91 Å². The molecule has 1 saturated heterocycles. The Morgan fingerprint density at radius 1 is 1.36 bits per heavy atom. The van der Waals surface area contributed by atoms with E-state index in [2.05, 4.69) is 5.32 Å². The third-order valence-corrected chi connectivity index (χ3v) is 4.80. The minimum Gasteiger partial charge on any atom is -0.486 e. The minimum absolute atomic E-state index is 0.117. The second-order valence-electron chi connectivity index (χ2n) is 6.59. The Hall–Kier alpha value is -2.28. The number of fused-ring (bicyclic) bond motifs is 1. The van der Waals surface area contributed by atoms with Gasteiger partial charge in [-0.3, -0.25) is 14.5 Å². The number of benzene rings is 1. The average molecular weight is 348 g/mol. The minimum atomic E-state index is -0.788. The first-order chi connectivity index (χ1) is 12.0. The molecule has 0 bridgehead atoms. The summed E-state index contributed by atoms with van der Waals surface area (Å²) in [5.74, 6) is 0.0978. The Morgan fingerprint density at radius 2 is 2.12 bits per heavy atom. The van der Waals surface area contributed by atoms with Gasteiger partial charge in [-0.1, -0.05) is 12.1 Å². The largest absolute Gasteiger partial charge is 0.486 e. The molecule has 7 nitrogen and oxygen atoms in total. The van der Waals surface area contributed by atoms with Gasteiger partial charge in [-0.25, -0.2) is 0 Å². The van der Waals surface area contributed by atoms with Crippen molar-refractivity contribution in [2.24, 2.45) is 5.92 Å². The predicted octanol–water partition coefficient (Wildman–Crippen LogP) is 1.13. The topological polar surface area (TPSA) is 88.1 Å². The van der Waals surface area contributed by atoms with Crippen LogP contribution in [0.3, 0.4) is 0 Å². The van der Waals surface area contributed by atoms with Gasteiger partial charge in [0.25, 0.3) is 0 Å². The normalized spacial score (nSPS) is 24.4. The van der Waals surface area contributed by atoms with E-state index in [4.69, 9.17) is 9.47 Å². The first-order valence-electron chi connectivity index (χ1n) is 8.67. The maximum Gasteiger partial charge on any atom is 0.307 e. The number of aliphatic carboxylic acids is 1. The number of piperidine rings is 1. The van der Waals surface area contributed by atoms with Gasteiger partial charge in [-0.15, -0.1) is 0 Å². The number of amides is 1. The van der Waals surface area contributed by atoms with E-state index in [9.17, 15) is 14.7 Å². The van der Waals surface area contributed by atoms with Crippen LogP contribution in [-0.2, 0) is 9.59 Å². The van der Waals surface area contributed by atoms with Gasteiger partial charge in [0.05, 0.1) is 18.5 Å². The number of para-hydroxylation sites is 2. The summed E-state index contributed by atoms with van der Waals surface area (Å²) in [6, 6.07) is 7.08. The van der Waals surface area contributed by atoms with E-state index in [-0.39, 0.29) is 18.1 Å². The van der Waals surface area contributed by atoms with Gasteiger partial charge < -0.3 is 19.9 Å². The van der Waals surface area contributed by atoms with E-state index < -0.39 is 11.9 Å². The Kier molecular flexibility index (Phi) is 5.43. The lowest BCUT2D eigenvalue weighted by Crippen LogP contribution is -2.52. The number of ether oxygens (including phenoxy) is 2. The molecule has 25 heavy (non-hydrogen) atoms. The Morgan fingerprint density at radius 3 is 2.88 bits per heavy atom. The molecule has 1 amide bonds. The molecule has 3 rings (SSSR count). The molecule has 2 heterocycles. The number of hydrogen-bond acceptors (Lipinski definition) is 5. The fourth-order valence-corrected chi connectivity index (χ4v) is 3.25. The summed E-state index contributed by atoms with van der Waals surface area (Å²) in [6.45, 7) is 3.71. The number of nitrogens with one attached hydrogen (secondary N) is 1. The number of nitrogens with zero attached hydrogens (tertiary/aromatic N) is 1. The van der Waals surface area contributed by atoms with Crippen LogP contribution in [0.1, 0.15) is 19.8 Å². The van der Waals surface area contributed by atoms with E-state index in [0.717, 1.165) is 13.0 Å². The van der Waals surface area contributed by atoms with Gasteiger partial charge in [0.1, 0.15) is 12.7 Å². The predicted molar refractivity (Wildman–Crippen MR) is 90.8 cm³/mol. The van der Waals surface area contributed by atoms with Crippen LogP contribution in [0.4, 0.5) is 0 Å². The highest BCUT2D eigenvalue weighted by Gasteiger charge is 2.31. The molecule has 0 aromatic heterocycles. The summed E-state index contributed by atoms with van der Waals surface area (Å²) in [5, 5.41) is 12.1. The van der Waals surface area contributed by atoms with Crippen LogP contribution in [0, 0.1) is 5.92 Å². The van der Waals surface area contributed by atoms with Gasteiger partial charge in [-0.2, -0.15) is 0 Å². The van der Waals surface area contributed by atoms with E-state index in [1.54, 1.807) is 0 Å². The highest BCUT2D eigenvalue weighted by molar-refractivity contribution is 5.81. The van der Waals surface area contributed by atoms with Crippen molar-refractivity contribution < 1.29 is 24.2 Å². The number of carbonyl (C=O) groups is 2. The zero-order valence-electron chi connectivity index (χ0n) is 14.3. The Labute approximate surface area is 146 Å². The summed E-state index contributed by atoms with van der Waals surface area (Å²) >= 11 is 0. The quantitative estimate of drug-likeness (QED) is 0.829. The molecule has 3 unspecified atom stereocenters. The van der Waals surface area contributed by atoms with Crippen LogP contribution in [0.15, 0.2) is 24.3 Å². The molecular formula is C18H24N2O5. The van der Waals surface area contributed by atoms with Crippen molar-refractivity contribution in [2.75, 3.05) is 26.2 Å². The molecule has 2 aliphatic rings. The molecule has 0 radical (unpaired) electrons. The van der Waals surface area contributed by atoms with Gasteiger partial charge >= 0.3 is 5.97 Å².